The fourth-order valence-corrected chi connectivity index (χ4v) is 3.36. The summed E-state index contributed by atoms with van der Waals surface area (Å²) >= 11 is 0. The molecule has 0 saturated carbocycles. The fraction of sp³-hybridized carbons (Fsp3) is 0.200. The number of methoxy groups -OCH3 is 1. The third-order valence-corrected chi connectivity index (χ3v) is 5.18. The van der Waals surface area contributed by atoms with Crippen molar-refractivity contribution in [2.45, 2.75) is 27.7 Å². The van der Waals surface area contributed by atoms with Gasteiger partial charge in [-0.3, -0.25) is 4.79 Å². The lowest BCUT2D eigenvalue weighted by molar-refractivity contribution is 0.0599. The quantitative estimate of drug-likeness (QED) is 0.317. The molecule has 0 atom stereocenters. The van der Waals surface area contributed by atoms with E-state index in [4.69, 9.17) is 0 Å². The number of rotatable bonds is 4. The van der Waals surface area contributed by atoms with E-state index in [1.807, 2.05) is 0 Å². The highest BCUT2D eigenvalue weighted by molar-refractivity contribution is 5.90. The zero-order valence-corrected chi connectivity index (χ0v) is 19.5. The Kier molecular flexibility index (Phi) is 7.35. The number of aryl methyl sites for hydroxylation is 4. The predicted molar refractivity (Wildman–Crippen MR) is 123 cm³/mol. The van der Waals surface area contributed by atoms with Crippen LogP contribution in [0.4, 0.5) is 8.78 Å². The molecular formula is C25H24F2N4O3. The van der Waals surface area contributed by atoms with Crippen LogP contribution in [0.1, 0.15) is 43.2 Å². The first-order valence-corrected chi connectivity index (χ1v) is 10.3. The molecular weight excluding hydrogens is 442 g/mol. The van der Waals surface area contributed by atoms with E-state index in [-0.39, 0.29) is 11.6 Å². The van der Waals surface area contributed by atoms with Gasteiger partial charge in [-0.25, -0.2) is 22.9 Å². The molecule has 2 aromatic heterocycles. The summed E-state index contributed by atoms with van der Waals surface area (Å²) in [5.41, 5.74) is 5.22. The van der Waals surface area contributed by atoms with E-state index in [0.717, 1.165) is 28.8 Å². The molecule has 7 nitrogen and oxygen atoms in total. The predicted octanol–water partition coefficient (Wildman–Crippen LogP) is 4.86. The van der Waals surface area contributed by atoms with Gasteiger partial charge in [0.05, 0.1) is 35.4 Å². The van der Waals surface area contributed by atoms with Crippen molar-refractivity contribution in [3.63, 3.8) is 0 Å². The number of hydrogen-bond acceptors (Lipinski definition) is 5. The lowest BCUT2D eigenvalue weighted by Crippen LogP contribution is -2.01. The number of carbonyl (C=O) groups is 2. The maximum absolute atomic E-state index is 13.0. The largest absolute Gasteiger partial charge is 0.465 e. The molecule has 176 valence electrons. The highest BCUT2D eigenvalue weighted by Gasteiger charge is 2.15. The van der Waals surface area contributed by atoms with E-state index in [1.165, 1.54) is 31.4 Å². The Morgan fingerprint density at radius 3 is 1.79 bits per heavy atom. The number of aldehydes is 1. The Hall–Kier alpha value is -4.14. The van der Waals surface area contributed by atoms with Gasteiger partial charge in [-0.15, -0.1) is 0 Å². The minimum absolute atomic E-state index is 0.277. The van der Waals surface area contributed by atoms with Gasteiger partial charge >= 0.3 is 5.97 Å². The minimum atomic E-state index is -0.432. The third-order valence-electron chi connectivity index (χ3n) is 5.18. The average Bonchev–Trinajstić information content (AvgIpc) is 3.35. The Labute approximate surface area is 195 Å². The third kappa shape index (κ3) is 5.25. The molecule has 0 amide bonds. The van der Waals surface area contributed by atoms with Crippen molar-refractivity contribution in [3.05, 3.63) is 94.1 Å². The summed E-state index contributed by atoms with van der Waals surface area (Å²) in [4.78, 5) is 22.2. The molecule has 0 spiro atoms. The van der Waals surface area contributed by atoms with Crippen molar-refractivity contribution >= 4 is 12.3 Å². The van der Waals surface area contributed by atoms with E-state index in [9.17, 15) is 18.4 Å². The van der Waals surface area contributed by atoms with E-state index in [2.05, 4.69) is 14.9 Å². The number of nitrogens with zero attached hydrogens (tertiary/aromatic N) is 4. The van der Waals surface area contributed by atoms with Crippen LogP contribution in [-0.2, 0) is 4.74 Å². The number of carbonyl (C=O) groups excluding carboxylic acids is 2. The van der Waals surface area contributed by atoms with E-state index in [0.29, 0.717) is 22.5 Å². The van der Waals surface area contributed by atoms with Gasteiger partial charge in [0.15, 0.2) is 6.29 Å². The molecule has 0 aliphatic rings. The highest BCUT2D eigenvalue weighted by Crippen LogP contribution is 2.18. The molecule has 0 unspecified atom stereocenters. The zero-order valence-electron chi connectivity index (χ0n) is 19.5. The molecule has 2 aromatic carbocycles. The first-order valence-electron chi connectivity index (χ1n) is 10.3. The lowest BCUT2D eigenvalue weighted by atomic mass is 10.2. The smallest absolute Gasteiger partial charge is 0.341 e. The number of aromatic nitrogens is 4. The number of esters is 1. The van der Waals surface area contributed by atoms with Gasteiger partial charge in [-0.2, -0.15) is 10.2 Å². The van der Waals surface area contributed by atoms with E-state index >= 15 is 0 Å². The van der Waals surface area contributed by atoms with Crippen molar-refractivity contribution < 1.29 is 23.1 Å². The van der Waals surface area contributed by atoms with Gasteiger partial charge in [0.2, 0.25) is 0 Å². The molecule has 9 heteroatoms. The molecule has 0 N–H and O–H groups in total. The molecule has 0 bridgehead atoms. The molecule has 34 heavy (non-hydrogen) atoms. The summed E-state index contributed by atoms with van der Waals surface area (Å²) in [5, 5.41) is 8.44. The molecule has 0 radical (unpaired) electrons. The topological polar surface area (TPSA) is 79.0 Å². The molecule has 2 heterocycles. The Bertz CT molecular complexity index is 1360. The van der Waals surface area contributed by atoms with E-state index in [1.54, 1.807) is 61.6 Å². The van der Waals surface area contributed by atoms with Gasteiger partial charge in [0, 0.05) is 12.4 Å². The first kappa shape index (κ1) is 24.5. The molecule has 0 fully saturated rings. The summed E-state index contributed by atoms with van der Waals surface area (Å²) in [6.07, 6.45) is 3.99. The second-order valence-electron chi connectivity index (χ2n) is 7.66. The molecule has 0 saturated heterocycles. The highest BCUT2D eigenvalue weighted by atomic mass is 19.1. The summed E-state index contributed by atoms with van der Waals surface area (Å²) in [5.74, 6) is -1.01. The van der Waals surface area contributed by atoms with Crippen molar-refractivity contribution in [1.82, 2.24) is 19.6 Å². The monoisotopic (exact) mass is 466 g/mol. The van der Waals surface area contributed by atoms with Gasteiger partial charge in [0.1, 0.15) is 17.2 Å². The van der Waals surface area contributed by atoms with Crippen LogP contribution < -0.4 is 0 Å². The zero-order chi connectivity index (χ0) is 25.0. The van der Waals surface area contributed by atoms with Crippen molar-refractivity contribution in [1.29, 1.82) is 0 Å². The molecule has 4 aromatic rings. The fourth-order valence-electron chi connectivity index (χ4n) is 3.36. The number of ether oxygens (including phenoxy) is 1. The molecule has 0 aliphatic heterocycles. The maximum Gasteiger partial charge on any atom is 0.341 e. The van der Waals surface area contributed by atoms with Crippen LogP contribution in [0.25, 0.3) is 11.4 Å². The van der Waals surface area contributed by atoms with Gasteiger partial charge in [-0.1, -0.05) is 0 Å². The van der Waals surface area contributed by atoms with E-state index < -0.39 is 5.97 Å². The SMILES string of the molecule is COC(=O)c1cn(-c2ccc(F)cc2C)nc1C.Cc1cc(F)ccc1-n1cc(C=O)c(C)n1. The van der Waals surface area contributed by atoms with Crippen LogP contribution in [0, 0.1) is 39.3 Å². The van der Waals surface area contributed by atoms with Crippen molar-refractivity contribution in [2.75, 3.05) is 7.11 Å². The number of halogens is 2. The second-order valence-corrected chi connectivity index (χ2v) is 7.66. The van der Waals surface area contributed by atoms with Crippen LogP contribution in [0.5, 0.6) is 0 Å². The van der Waals surface area contributed by atoms with Crippen molar-refractivity contribution in [2.24, 2.45) is 0 Å². The van der Waals surface area contributed by atoms with Crippen molar-refractivity contribution in [3.8, 4) is 11.4 Å². The summed E-state index contributed by atoms with van der Waals surface area (Å²) < 4.78 is 33.8. The van der Waals surface area contributed by atoms with Gasteiger partial charge in [-0.05, 0) is 75.2 Å². The molecule has 0 aliphatic carbocycles. The summed E-state index contributed by atoms with van der Waals surface area (Å²) in [6.45, 7) is 7.07. The Balaban J connectivity index is 0.000000192. The average molecular weight is 466 g/mol. The lowest BCUT2D eigenvalue weighted by Gasteiger charge is -2.05. The first-order chi connectivity index (χ1) is 16.1. The van der Waals surface area contributed by atoms with Crippen LogP contribution in [0.3, 0.4) is 0 Å². The standard InChI is InChI=1S/C13H13FN2O2.C12H11FN2O/c1-8-6-10(14)4-5-12(8)16-7-11(9(2)15-16)13(17)18-3;1-8-5-11(13)3-4-12(8)15-6-10(7-16)9(2)14-15/h4-7H,1-3H3;3-7H,1-2H3. The van der Waals surface area contributed by atoms with Crippen LogP contribution in [0.15, 0.2) is 48.8 Å². The number of benzene rings is 2. The normalized spacial score (nSPS) is 10.4. The maximum atomic E-state index is 13.0. The van der Waals surface area contributed by atoms with Gasteiger partial charge < -0.3 is 4.74 Å². The minimum Gasteiger partial charge on any atom is -0.465 e. The van der Waals surface area contributed by atoms with Crippen LogP contribution >= 0.6 is 0 Å². The Morgan fingerprint density at radius 1 is 0.853 bits per heavy atom. The molecule has 4 rings (SSSR count). The van der Waals surface area contributed by atoms with Crippen LogP contribution in [-0.4, -0.2) is 38.9 Å². The Morgan fingerprint density at radius 2 is 1.35 bits per heavy atom. The summed E-state index contributed by atoms with van der Waals surface area (Å²) in [6, 6.07) is 8.86. The second kappa shape index (κ2) is 10.2. The summed E-state index contributed by atoms with van der Waals surface area (Å²) in [7, 11) is 1.32. The number of hydrogen-bond donors (Lipinski definition) is 0. The van der Waals surface area contributed by atoms with Gasteiger partial charge in [0.25, 0.3) is 0 Å². The van der Waals surface area contributed by atoms with Crippen LogP contribution in [0.2, 0.25) is 0 Å².